The molecule has 18 heavy (non-hydrogen) atoms. The van der Waals surface area contributed by atoms with Crippen LogP contribution >= 0.6 is 0 Å². The van der Waals surface area contributed by atoms with Crippen molar-refractivity contribution in [3.63, 3.8) is 0 Å². The first-order valence-electron chi connectivity index (χ1n) is 6.54. The highest BCUT2D eigenvalue weighted by Crippen LogP contribution is 2.11. The molecule has 100 valence electrons. The molecule has 0 saturated carbocycles. The Bertz CT molecular complexity index is 364. The molecule has 1 aromatic heterocycles. The lowest BCUT2D eigenvalue weighted by Crippen LogP contribution is -2.30. The maximum atomic E-state index is 11.8. The van der Waals surface area contributed by atoms with Crippen molar-refractivity contribution in [2.24, 2.45) is 5.92 Å². The number of amides is 1. The van der Waals surface area contributed by atoms with Crippen molar-refractivity contribution in [2.45, 2.75) is 39.5 Å². The fourth-order valence-electron chi connectivity index (χ4n) is 1.73. The van der Waals surface area contributed by atoms with Crippen LogP contribution in [0.4, 0.5) is 5.82 Å². The van der Waals surface area contributed by atoms with Crippen LogP contribution in [-0.2, 0) is 0 Å². The molecule has 5 heteroatoms. The SMILES string of the molecule is CCCCC(CC)CNC(=O)c1ccc(N)nn1. The van der Waals surface area contributed by atoms with Gasteiger partial charge in [-0.05, 0) is 24.5 Å². The molecule has 1 unspecified atom stereocenters. The minimum atomic E-state index is -0.183. The standard InChI is InChI=1S/C13H22N4O/c1-3-5-6-10(4-2)9-15-13(18)11-7-8-12(14)17-16-11/h7-8,10H,3-6,9H2,1-2H3,(H2,14,17)(H,15,18). The summed E-state index contributed by atoms with van der Waals surface area (Å²) in [6.07, 6.45) is 4.62. The van der Waals surface area contributed by atoms with E-state index in [1.165, 1.54) is 12.8 Å². The molecule has 0 saturated heterocycles. The average Bonchev–Trinajstić information content (AvgIpc) is 2.39. The highest BCUT2D eigenvalue weighted by molar-refractivity contribution is 5.92. The zero-order valence-electron chi connectivity index (χ0n) is 11.1. The van der Waals surface area contributed by atoms with Gasteiger partial charge in [-0.25, -0.2) is 0 Å². The zero-order valence-corrected chi connectivity index (χ0v) is 11.1. The lowest BCUT2D eigenvalue weighted by atomic mass is 9.99. The van der Waals surface area contributed by atoms with Gasteiger partial charge in [0.1, 0.15) is 5.82 Å². The Kier molecular flexibility index (Phi) is 6.11. The van der Waals surface area contributed by atoms with Crippen molar-refractivity contribution >= 4 is 11.7 Å². The second-order valence-electron chi connectivity index (χ2n) is 4.47. The van der Waals surface area contributed by atoms with Crippen molar-refractivity contribution < 1.29 is 4.79 Å². The molecular weight excluding hydrogens is 228 g/mol. The molecule has 3 N–H and O–H groups in total. The van der Waals surface area contributed by atoms with E-state index < -0.39 is 0 Å². The van der Waals surface area contributed by atoms with Gasteiger partial charge in [0.25, 0.3) is 5.91 Å². The van der Waals surface area contributed by atoms with Crippen LogP contribution in [0.1, 0.15) is 50.0 Å². The van der Waals surface area contributed by atoms with Crippen LogP contribution in [0.2, 0.25) is 0 Å². The first-order chi connectivity index (χ1) is 8.67. The third-order valence-corrected chi connectivity index (χ3v) is 3.01. The van der Waals surface area contributed by atoms with Gasteiger partial charge in [-0.1, -0.05) is 33.1 Å². The largest absolute Gasteiger partial charge is 0.382 e. The minimum Gasteiger partial charge on any atom is -0.382 e. The molecule has 1 atom stereocenters. The Morgan fingerprint density at radius 3 is 2.72 bits per heavy atom. The summed E-state index contributed by atoms with van der Waals surface area (Å²) in [7, 11) is 0. The van der Waals surface area contributed by atoms with E-state index >= 15 is 0 Å². The van der Waals surface area contributed by atoms with Gasteiger partial charge in [0.05, 0.1) is 0 Å². The molecule has 0 fully saturated rings. The molecule has 0 aliphatic rings. The molecule has 1 amide bonds. The van der Waals surface area contributed by atoms with E-state index in [9.17, 15) is 4.79 Å². The van der Waals surface area contributed by atoms with E-state index in [0.29, 0.717) is 24.0 Å². The minimum absolute atomic E-state index is 0.183. The highest BCUT2D eigenvalue weighted by Gasteiger charge is 2.11. The van der Waals surface area contributed by atoms with Crippen LogP contribution in [0.3, 0.4) is 0 Å². The number of nitrogens with two attached hydrogens (primary N) is 1. The van der Waals surface area contributed by atoms with Crippen LogP contribution in [0.5, 0.6) is 0 Å². The number of hydrogen-bond acceptors (Lipinski definition) is 4. The Hall–Kier alpha value is -1.65. The predicted octanol–water partition coefficient (Wildman–Crippen LogP) is 2.00. The molecule has 1 heterocycles. The predicted molar refractivity (Wildman–Crippen MR) is 72.1 cm³/mol. The molecule has 0 aromatic carbocycles. The third kappa shape index (κ3) is 4.69. The van der Waals surface area contributed by atoms with Crippen LogP contribution in [0.15, 0.2) is 12.1 Å². The molecule has 0 bridgehead atoms. The van der Waals surface area contributed by atoms with Gasteiger partial charge in [-0.2, -0.15) is 0 Å². The van der Waals surface area contributed by atoms with Gasteiger partial charge in [0.2, 0.25) is 0 Å². The van der Waals surface area contributed by atoms with Gasteiger partial charge >= 0.3 is 0 Å². The third-order valence-electron chi connectivity index (χ3n) is 3.01. The summed E-state index contributed by atoms with van der Waals surface area (Å²) in [4.78, 5) is 11.8. The summed E-state index contributed by atoms with van der Waals surface area (Å²) in [6, 6.07) is 3.17. The number of hydrogen-bond donors (Lipinski definition) is 2. The van der Waals surface area contributed by atoms with Gasteiger partial charge in [0, 0.05) is 6.54 Å². The molecule has 0 radical (unpaired) electrons. The highest BCUT2D eigenvalue weighted by atomic mass is 16.1. The fourth-order valence-corrected chi connectivity index (χ4v) is 1.73. The molecule has 1 aromatic rings. The second-order valence-corrected chi connectivity index (χ2v) is 4.47. The number of nitrogens with zero attached hydrogens (tertiary/aromatic N) is 2. The molecule has 0 aliphatic carbocycles. The molecule has 1 rings (SSSR count). The summed E-state index contributed by atoms with van der Waals surface area (Å²) >= 11 is 0. The van der Waals surface area contributed by atoms with Gasteiger partial charge in [-0.15, -0.1) is 10.2 Å². The average molecular weight is 250 g/mol. The molecule has 0 aliphatic heterocycles. The van der Waals surface area contributed by atoms with Crippen molar-refractivity contribution in [2.75, 3.05) is 12.3 Å². The van der Waals surface area contributed by atoms with E-state index in [2.05, 4.69) is 29.4 Å². The number of unbranched alkanes of at least 4 members (excludes halogenated alkanes) is 1. The summed E-state index contributed by atoms with van der Waals surface area (Å²) < 4.78 is 0. The first-order valence-corrected chi connectivity index (χ1v) is 6.54. The van der Waals surface area contributed by atoms with E-state index in [4.69, 9.17) is 5.73 Å². The Balaban J connectivity index is 2.42. The number of rotatable bonds is 7. The molecular formula is C13H22N4O. The maximum absolute atomic E-state index is 11.8. The number of carbonyl (C=O) groups is 1. The molecule has 5 nitrogen and oxygen atoms in total. The van der Waals surface area contributed by atoms with Crippen LogP contribution in [0, 0.1) is 5.92 Å². The van der Waals surface area contributed by atoms with E-state index in [1.54, 1.807) is 12.1 Å². The maximum Gasteiger partial charge on any atom is 0.271 e. The lowest BCUT2D eigenvalue weighted by molar-refractivity contribution is 0.0940. The van der Waals surface area contributed by atoms with Gasteiger partial charge < -0.3 is 11.1 Å². The van der Waals surface area contributed by atoms with E-state index in [1.807, 2.05) is 0 Å². The zero-order chi connectivity index (χ0) is 13.4. The van der Waals surface area contributed by atoms with Crippen molar-refractivity contribution in [1.82, 2.24) is 15.5 Å². The number of nitrogen functional groups attached to an aromatic ring is 1. The Morgan fingerprint density at radius 2 is 2.17 bits per heavy atom. The van der Waals surface area contributed by atoms with Crippen molar-refractivity contribution in [3.05, 3.63) is 17.8 Å². The van der Waals surface area contributed by atoms with Gasteiger partial charge in [0.15, 0.2) is 5.69 Å². The van der Waals surface area contributed by atoms with E-state index in [-0.39, 0.29) is 5.91 Å². The summed E-state index contributed by atoms with van der Waals surface area (Å²) in [5.41, 5.74) is 5.73. The Labute approximate surface area is 108 Å². The van der Waals surface area contributed by atoms with Crippen LogP contribution < -0.4 is 11.1 Å². The normalized spacial score (nSPS) is 12.1. The number of anilines is 1. The van der Waals surface area contributed by atoms with Crippen molar-refractivity contribution in [1.29, 1.82) is 0 Å². The summed E-state index contributed by atoms with van der Waals surface area (Å²) in [5.74, 6) is 0.675. The number of carbonyl (C=O) groups excluding carboxylic acids is 1. The fraction of sp³-hybridized carbons (Fsp3) is 0.615. The smallest absolute Gasteiger partial charge is 0.271 e. The second kappa shape index (κ2) is 7.63. The summed E-state index contributed by atoms with van der Waals surface area (Å²) in [6.45, 7) is 5.02. The number of nitrogens with one attached hydrogen (secondary N) is 1. The molecule has 0 spiro atoms. The summed E-state index contributed by atoms with van der Waals surface area (Å²) in [5, 5.41) is 10.3. The van der Waals surface area contributed by atoms with Crippen LogP contribution in [-0.4, -0.2) is 22.6 Å². The van der Waals surface area contributed by atoms with Gasteiger partial charge in [-0.3, -0.25) is 4.79 Å². The topological polar surface area (TPSA) is 80.9 Å². The monoisotopic (exact) mass is 250 g/mol. The quantitative estimate of drug-likeness (QED) is 0.775. The lowest BCUT2D eigenvalue weighted by Gasteiger charge is -2.14. The number of aromatic nitrogens is 2. The first kappa shape index (κ1) is 14.4. The van der Waals surface area contributed by atoms with E-state index in [0.717, 1.165) is 12.8 Å². The Morgan fingerprint density at radius 1 is 1.39 bits per heavy atom. The van der Waals surface area contributed by atoms with Crippen molar-refractivity contribution in [3.8, 4) is 0 Å². The van der Waals surface area contributed by atoms with Crippen LogP contribution in [0.25, 0.3) is 0 Å².